The van der Waals surface area contributed by atoms with E-state index in [9.17, 15) is 0 Å². The van der Waals surface area contributed by atoms with Gasteiger partial charge in [0.05, 0.1) is 16.6 Å². The molecule has 0 fully saturated rings. The molecule has 3 aliphatic rings. The Balaban J connectivity index is 1.04. The molecule has 3 aliphatic carbocycles. The van der Waals surface area contributed by atoms with Gasteiger partial charge in [-0.05, 0) is 167 Å². The highest BCUT2D eigenvalue weighted by Gasteiger charge is 2.37. The van der Waals surface area contributed by atoms with Crippen LogP contribution in [0.25, 0.3) is 127 Å². The van der Waals surface area contributed by atoms with Gasteiger partial charge in [-0.3, -0.25) is 0 Å². The Morgan fingerprint density at radius 2 is 0.789 bits per heavy atom. The Morgan fingerprint density at radius 3 is 1.42 bits per heavy atom. The summed E-state index contributed by atoms with van der Waals surface area (Å²) >= 11 is 0. The zero-order valence-electron chi connectivity index (χ0n) is 43.2. The topological polar surface area (TPSA) is 9.86 Å². The van der Waals surface area contributed by atoms with E-state index in [1.807, 2.05) is 0 Å². The molecule has 0 atom stereocenters. The van der Waals surface area contributed by atoms with Gasteiger partial charge in [0.2, 0.25) is 0 Å². The lowest BCUT2D eigenvalue weighted by Gasteiger charge is -2.24. The van der Waals surface area contributed by atoms with E-state index >= 15 is 0 Å². The molecule has 0 saturated carbocycles. The maximum absolute atomic E-state index is 2.56. The first-order valence-electron chi connectivity index (χ1n) is 27.1. The predicted molar refractivity (Wildman–Crippen MR) is 321 cm³/mol. The second kappa shape index (κ2) is 15.8. The summed E-state index contributed by atoms with van der Waals surface area (Å²) in [4.78, 5) is 0. The first-order chi connectivity index (χ1) is 37.2. The zero-order valence-corrected chi connectivity index (χ0v) is 43.2. The molecule has 360 valence electrons. The van der Waals surface area contributed by atoms with Crippen molar-refractivity contribution in [3.63, 3.8) is 0 Å². The standard InChI is InChI=1S/C74H54N2/c1-73(2)63-27-13-7-20-50(63)52-37-33-45(41-65(52)73)49-19-5-6-26-58(49)72-60-40-36-47(75-67-29-15-9-22-54(67)55-23-10-16-30-68(55)75)43-61(60)71(46-34-38-53-51-21-8-14-28-64(51)74(3,4)66(53)42-46)59-39-35-48(44-62(59)72)76-69-31-17-11-24-56(69)57-25-12-18-32-70(57)76/h5-17,19-31,33-44H,18,32H2,1-4H3. The maximum Gasteiger partial charge on any atom is 0.0541 e. The number of hydrogen-bond donors (Lipinski definition) is 0. The Kier molecular flexibility index (Phi) is 9.01. The Morgan fingerprint density at radius 1 is 0.329 bits per heavy atom. The van der Waals surface area contributed by atoms with Gasteiger partial charge >= 0.3 is 0 Å². The van der Waals surface area contributed by atoms with Crippen LogP contribution in [0.5, 0.6) is 0 Å². The molecule has 0 aliphatic heterocycles. The van der Waals surface area contributed by atoms with Gasteiger partial charge in [-0.2, -0.15) is 0 Å². The molecule has 0 radical (unpaired) electrons. The van der Waals surface area contributed by atoms with Crippen molar-refractivity contribution in [3.05, 3.63) is 258 Å². The van der Waals surface area contributed by atoms with Crippen molar-refractivity contribution in [2.45, 2.75) is 51.4 Å². The summed E-state index contributed by atoms with van der Waals surface area (Å²) in [5.41, 5.74) is 26.7. The average molecular weight is 971 g/mol. The summed E-state index contributed by atoms with van der Waals surface area (Å²) in [6.45, 7) is 9.59. The minimum Gasteiger partial charge on any atom is -0.313 e. The average Bonchev–Trinajstić information content (AvgIpc) is 4.26. The lowest BCUT2D eigenvalue weighted by Crippen LogP contribution is -2.15. The number of nitrogens with zero attached hydrogens (tertiary/aromatic N) is 2. The third-order valence-electron chi connectivity index (χ3n) is 18.0. The highest BCUT2D eigenvalue weighted by molar-refractivity contribution is 6.23. The number of fused-ring (bicyclic) bond motifs is 14. The zero-order chi connectivity index (χ0) is 50.6. The van der Waals surface area contributed by atoms with E-state index in [1.54, 1.807) is 0 Å². The van der Waals surface area contributed by atoms with Crippen LogP contribution in [0.15, 0.2) is 224 Å². The number of para-hydroxylation sites is 3. The molecule has 16 rings (SSSR count). The summed E-state index contributed by atoms with van der Waals surface area (Å²) in [6, 6.07) is 83.3. The van der Waals surface area contributed by atoms with Crippen LogP contribution in [-0.2, 0) is 17.3 Å². The van der Waals surface area contributed by atoms with E-state index in [2.05, 4.69) is 267 Å². The first kappa shape index (κ1) is 43.4. The van der Waals surface area contributed by atoms with E-state index in [1.165, 1.54) is 149 Å². The number of benzene rings is 11. The fourth-order valence-electron chi connectivity index (χ4n) is 14.4. The van der Waals surface area contributed by atoms with Crippen molar-refractivity contribution in [1.29, 1.82) is 0 Å². The minimum absolute atomic E-state index is 0.129. The Labute approximate surface area is 443 Å². The molecule has 76 heavy (non-hydrogen) atoms. The smallest absolute Gasteiger partial charge is 0.0541 e. The van der Waals surface area contributed by atoms with Crippen LogP contribution in [0.2, 0.25) is 0 Å². The molecular weight excluding hydrogens is 917 g/mol. The molecule has 0 spiro atoms. The number of allylic oxidation sites excluding steroid dienone is 1. The van der Waals surface area contributed by atoms with Crippen LogP contribution in [0.4, 0.5) is 0 Å². The molecule has 13 aromatic rings. The van der Waals surface area contributed by atoms with Gasteiger partial charge in [0, 0.05) is 49.6 Å². The van der Waals surface area contributed by atoms with Gasteiger partial charge < -0.3 is 9.13 Å². The molecule has 0 N–H and O–H groups in total. The lowest BCUT2D eigenvalue weighted by molar-refractivity contribution is 0.660. The normalized spacial score (nSPS) is 14.6. The molecule has 2 heterocycles. The molecule has 2 heteroatoms. The minimum atomic E-state index is -0.164. The quantitative estimate of drug-likeness (QED) is 0.152. The molecule has 2 aromatic heterocycles. The van der Waals surface area contributed by atoms with Crippen LogP contribution < -0.4 is 0 Å². The predicted octanol–water partition coefficient (Wildman–Crippen LogP) is 19.6. The number of hydrogen-bond acceptors (Lipinski definition) is 0. The van der Waals surface area contributed by atoms with Crippen LogP contribution in [0.3, 0.4) is 0 Å². The first-order valence-corrected chi connectivity index (χ1v) is 27.1. The summed E-state index contributed by atoms with van der Waals surface area (Å²) in [6.07, 6.45) is 6.72. The van der Waals surface area contributed by atoms with Crippen molar-refractivity contribution in [1.82, 2.24) is 9.13 Å². The highest BCUT2D eigenvalue weighted by atomic mass is 15.0. The van der Waals surface area contributed by atoms with Crippen LogP contribution in [0.1, 0.15) is 67.6 Å². The van der Waals surface area contributed by atoms with Gasteiger partial charge in [0.1, 0.15) is 0 Å². The van der Waals surface area contributed by atoms with E-state index < -0.39 is 0 Å². The van der Waals surface area contributed by atoms with Gasteiger partial charge in [-0.1, -0.05) is 204 Å². The Bertz CT molecular complexity index is 4640. The van der Waals surface area contributed by atoms with Crippen LogP contribution in [0, 0.1) is 0 Å². The van der Waals surface area contributed by atoms with Gasteiger partial charge in [0.25, 0.3) is 0 Å². The highest BCUT2D eigenvalue weighted by Crippen LogP contribution is 2.54. The number of rotatable bonds is 5. The molecule has 0 unspecified atom stereocenters. The van der Waals surface area contributed by atoms with Crippen molar-refractivity contribution in [2.24, 2.45) is 0 Å². The second-order valence-electron chi connectivity index (χ2n) is 22.6. The fourth-order valence-corrected chi connectivity index (χ4v) is 14.4. The summed E-state index contributed by atoms with van der Waals surface area (Å²) in [7, 11) is 0. The van der Waals surface area contributed by atoms with Crippen molar-refractivity contribution in [2.75, 3.05) is 0 Å². The van der Waals surface area contributed by atoms with Crippen molar-refractivity contribution >= 4 is 60.3 Å². The van der Waals surface area contributed by atoms with Crippen molar-refractivity contribution < 1.29 is 0 Å². The molecule has 0 bridgehead atoms. The second-order valence-corrected chi connectivity index (χ2v) is 22.6. The van der Waals surface area contributed by atoms with E-state index in [0.29, 0.717) is 0 Å². The summed E-state index contributed by atoms with van der Waals surface area (Å²) in [5.74, 6) is 0. The Hall–Kier alpha value is -8.98. The summed E-state index contributed by atoms with van der Waals surface area (Å²) < 4.78 is 5.05. The molecule has 0 saturated heterocycles. The monoisotopic (exact) mass is 970 g/mol. The molecule has 11 aromatic carbocycles. The fraction of sp³-hybridized carbons (Fsp3) is 0.108. The van der Waals surface area contributed by atoms with E-state index in [0.717, 1.165) is 18.5 Å². The van der Waals surface area contributed by atoms with Crippen LogP contribution in [-0.4, -0.2) is 9.13 Å². The lowest BCUT2D eigenvalue weighted by atomic mass is 9.79. The van der Waals surface area contributed by atoms with Gasteiger partial charge in [-0.15, -0.1) is 0 Å². The third-order valence-corrected chi connectivity index (χ3v) is 18.0. The van der Waals surface area contributed by atoms with Crippen LogP contribution >= 0.6 is 0 Å². The maximum atomic E-state index is 2.56. The van der Waals surface area contributed by atoms with Gasteiger partial charge in [-0.25, -0.2) is 0 Å². The largest absolute Gasteiger partial charge is 0.313 e. The molecule has 2 nitrogen and oxygen atoms in total. The molecular formula is C74H54N2. The van der Waals surface area contributed by atoms with Gasteiger partial charge in [0.15, 0.2) is 0 Å². The molecule has 0 amide bonds. The summed E-state index contributed by atoms with van der Waals surface area (Å²) in [5, 5.41) is 8.77. The van der Waals surface area contributed by atoms with E-state index in [-0.39, 0.29) is 10.8 Å². The number of aromatic nitrogens is 2. The third kappa shape index (κ3) is 5.93. The van der Waals surface area contributed by atoms with E-state index in [4.69, 9.17) is 0 Å². The SMILES string of the molecule is CC1(C)c2ccccc2-c2ccc(-c3ccccc3-c3c4ccc(-n5c6ccccc6c6ccccc65)cc4c(-c4ccc5c(c4)C(C)(C)c4ccccc4-5)c4ccc(-n5c6c(c7ccccc75)C=CCC6)cc34)cc21. The van der Waals surface area contributed by atoms with Crippen molar-refractivity contribution in [3.8, 4) is 67.0 Å².